The van der Waals surface area contributed by atoms with Crippen LogP contribution in [0.15, 0.2) is 146 Å². The summed E-state index contributed by atoms with van der Waals surface area (Å²) >= 11 is 24.2. The Morgan fingerprint density at radius 1 is 0.591 bits per heavy atom. The molecule has 0 fully saturated rings. The molecule has 0 aromatic heterocycles. The molecule has 4 nitrogen and oxygen atoms in total. The standard InChI is InChI=1S/C36H30Cl3N3OS/c37-36(38,39)33(41-32(43)25-26-13-5-1-6-14-26)42-34(44)40-31-23-21-30(22-24-31)35(27-15-7-2-8-16-27,28-17-9-3-10-18-28)29-19-11-4-12-20-29/h1-24,33H,25H2,(H,41,43)(H2,40,42,44). The van der Waals surface area contributed by atoms with Gasteiger partial charge in [0.1, 0.15) is 6.17 Å². The highest BCUT2D eigenvalue weighted by Crippen LogP contribution is 2.45. The van der Waals surface area contributed by atoms with Crippen molar-refractivity contribution in [1.82, 2.24) is 10.6 Å². The van der Waals surface area contributed by atoms with Gasteiger partial charge in [-0.25, -0.2) is 0 Å². The smallest absolute Gasteiger partial charge is 0.228 e. The predicted molar refractivity (Wildman–Crippen MR) is 186 cm³/mol. The van der Waals surface area contributed by atoms with Gasteiger partial charge in [-0.3, -0.25) is 4.79 Å². The second kappa shape index (κ2) is 14.3. The summed E-state index contributed by atoms with van der Waals surface area (Å²) in [7, 11) is 0. The molecule has 5 aromatic carbocycles. The fourth-order valence-corrected chi connectivity index (χ4v) is 5.92. The maximum Gasteiger partial charge on any atom is 0.228 e. The van der Waals surface area contributed by atoms with Gasteiger partial charge in [-0.2, -0.15) is 0 Å². The van der Waals surface area contributed by atoms with Crippen LogP contribution in [-0.2, 0) is 16.6 Å². The Kier molecular flexibility index (Phi) is 10.2. The van der Waals surface area contributed by atoms with Crippen LogP contribution >= 0.6 is 47.0 Å². The lowest BCUT2D eigenvalue weighted by molar-refractivity contribution is -0.121. The van der Waals surface area contributed by atoms with Crippen molar-refractivity contribution in [3.05, 3.63) is 173 Å². The molecule has 1 amide bonds. The Bertz CT molecular complexity index is 1570. The van der Waals surface area contributed by atoms with Gasteiger partial charge in [0.25, 0.3) is 0 Å². The van der Waals surface area contributed by atoms with E-state index < -0.39 is 15.4 Å². The molecule has 3 N–H and O–H groups in total. The van der Waals surface area contributed by atoms with Gasteiger partial charge < -0.3 is 16.0 Å². The second-order valence-corrected chi connectivity index (χ2v) is 13.0. The van der Waals surface area contributed by atoms with Crippen molar-refractivity contribution in [2.75, 3.05) is 5.32 Å². The molecule has 1 atom stereocenters. The van der Waals surface area contributed by atoms with Crippen LogP contribution in [0.4, 0.5) is 5.69 Å². The average Bonchev–Trinajstić information content (AvgIpc) is 3.03. The highest BCUT2D eigenvalue weighted by Gasteiger charge is 2.38. The molecule has 5 rings (SSSR count). The number of halogens is 3. The van der Waals surface area contributed by atoms with Crippen molar-refractivity contribution in [2.24, 2.45) is 0 Å². The molecule has 8 heteroatoms. The number of anilines is 1. The molecule has 0 aliphatic rings. The highest BCUT2D eigenvalue weighted by atomic mass is 35.6. The summed E-state index contributed by atoms with van der Waals surface area (Å²) in [5, 5.41) is 9.02. The lowest BCUT2D eigenvalue weighted by Gasteiger charge is -2.37. The van der Waals surface area contributed by atoms with E-state index in [1.807, 2.05) is 60.7 Å². The molecule has 0 bridgehead atoms. The summed E-state index contributed by atoms with van der Waals surface area (Å²) in [6, 6.07) is 48.9. The number of alkyl halides is 3. The molecule has 0 radical (unpaired) electrons. The summed E-state index contributed by atoms with van der Waals surface area (Å²) < 4.78 is -1.86. The first-order valence-corrected chi connectivity index (χ1v) is 15.6. The zero-order valence-corrected chi connectivity index (χ0v) is 26.7. The largest absolute Gasteiger partial charge is 0.339 e. The second-order valence-electron chi connectivity index (χ2n) is 10.2. The molecule has 1 unspecified atom stereocenters. The lowest BCUT2D eigenvalue weighted by atomic mass is 9.65. The Hall–Kier alpha value is -3.87. The number of hydrogen-bond donors (Lipinski definition) is 3. The monoisotopic (exact) mass is 657 g/mol. The number of carbonyl (C=O) groups excluding carboxylic acids is 1. The normalized spacial score (nSPS) is 12.2. The molecule has 0 heterocycles. The van der Waals surface area contributed by atoms with E-state index in [0.717, 1.165) is 33.5 Å². The molecule has 0 saturated carbocycles. The van der Waals surface area contributed by atoms with Crippen molar-refractivity contribution < 1.29 is 4.79 Å². The first kappa shape index (κ1) is 31.6. The Morgan fingerprint density at radius 3 is 1.43 bits per heavy atom. The van der Waals surface area contributed by atoms with Crippen molar-refractivity contribution in [1.29, 1.82) is 0 Å². The molecule has 44 heavy (non-hydrogen) atoms. The SMILES string of the molecule is O=C(Cc1ccccc1)NC(NC(=S)Nc1ccc(C(c2ccccc2)(c2ccccc2)c2ccccc2)cc1)C(Cl)(Cl)Cl. The zero-order chi connectivity index (χ0) is 31.0. The predicted octanol–water partition coefficient (Wildman–Crippen LogP) is 8.41. The molecule has 222 valence electrons. The fourth-order valence-electron chi connectivity index (χ4n) is 5.36. The number of amides is 1. The number of carbonyl (C=O) groups is 1. The summed E-state index contributed by atoms with van der Waals surface area (Å²) in [5.74, 6) is -0.314. The molecular formula is C36H30Cl3N3OS. The van der Waals surface area contributed by atoms with Crippen molar-refractivity contribution >= 4 is 63.7 Å². The van der Waals surface area contributed by atoms with E-state index in [-0.39, 0.29) is 17.4 Å². The Morgan fingerprint density at radius 2 is 1.00 bits per heavy atom. The summed E-state index contributed by atoms with van der Waals surface area (Å²) in [5.41, 5.74) is 5.52. The minimum absolute atomic E-state index is 0.132. The molecular weight excluding hydrogens is 629 g/mol. The van der Waals surface area contributed by atoms with Gasteiger partial charge in [0.2, 0.25) is 9.70 Å². The topological polar surface area (TPSA) is 53.2 Å². The molecule has 0 spiro atoms. The van der Waals surface area contributed by atoms with E-state index in [1.165, 1.54) is 0 Å². The molecule has 0 saturated heterocycles. The minimum atomic E-state index is -1.86. The quantitative estimate of drug-likeness (QED) is 0.0645. The van der Waals surface area contributed by atoms with Gasteiger partial charge in [0, 0.05) is 5.69 Å². The van der Waals surface area contributed by atoms with Gasteiger partial charge in [-0.15, -0.1) is 0 Å². The van der Waals surface area contributed by atoms with Crippen molar-refractivity contribution in [2.45, 2.75) is 21.8 Å². The number of nitrogens with one attached hydrogen (secondary N) is 3. The van der Waals surface area contributed by atoms with Gasteiger partial charge in [-0.1, -0.05) is 168 Å². The van der Waals surface area contributed by atoms with Gasteiger partial charge in [0.15, 0.2) is 5.11 Å². The molecule has 0 aliphatic heterocycles. The maximum atomic E-state index is 12.7. The third-order valence-corrected chi connectivity index (χ3v) is 8.19. The Labute approximate surface area is 278 Å². The van der Waals surface area contributed by atoms with Crippen LogP contribution in [0.2, 0.25) is 0 Å². The van der Waals surface area contributed by atoms with Crippen LogP contribution in [0.5, 0.6) is 0 Å². The summed E-state index contributed by atoms with van der Waals surface area (Å²) in [4.78, 5) is 12.7. The van der Waals surface area contributed by atoms with Gasteiger partial charge in [0.05, 0.1) is 11.8 Å². The fraction of sp³-hybridized carbons (Fsp3) is 0.111. The number of thiocarbonyl (C=S) groups is 1. The average molecular weight is 659 g/mol. The lowest BCUT2D eigenvalue weighted by Crippen LogP contribution is -2.56. The van der Waals surface area contributed by atoms with Crippen LogP contribution in [0.25, 0.3) is 0 Å². The summed E-state index contributed by atoms with van der Waals surface area (Å²) in [6.45, 7) is 0. The third kappa shape index (κ3) is 7.43. The van der Waals surface area contributed by atoms with Crippen molar-refractivity contribution in [3.8, 4) is 0 Å². The van der Waals surface area contributed by atoms with E-state index in [9.17, 15) is 4.79 Å². The van der Waals surface area contributed by atoms with Crippen molar-refractivity contribution in [3.63, 3.8) is 0 Å². The van der Waals surface area contributed by atoms with E-state index in [1.54, 1.807) is 0 Å². The first-order valence-electron chi connectivity index (χ1n) is 14.0. The van der Waals surface area contributed by atoms with Crippen LogP contribution < -0.4 is 16.0 Å². The van der Waals surface area contributed by atoms with Crippen LogP contribution in [0, 0.1) is 0 Å². The number of hydrogen-bond acceptors (Lipinski definition) is 2. The molecule has 5 aromatic rings. The van der Waals surface area contributed by atoms with Crippen LogP contribution in [0.1, 0.15) is 27.8 Å². The van der Waals surface area contributed by atoms with Gasteiger partial charge in [-0.05, 0) is 52.2 Å². The first-order chi connectivity index (χ1) is 21.3. The van der Waals surface area contributed by atoms with Gasteiger partial charge >= 0.3 is 0 Å². The zero-order valence-electron chi connectivity index (χ0n) is 23.6. The van der Waals surface area contributed by atoms with E-state index >= 15 is 0 Å². The Balaban J connectivity index is 1.40. The molecule has 0 aliphatic carbocycles. The van der Waals surface area contributed by atoms with E-state index in [0.29, 0.717) is 0 Å². The number of rotatable bonds is 9. The van der Waals surface area contributed by atoms with E-state index in [2.05, 4.69) is 101 Å². The summed E-state index contributed by atoms with van der Waals surface area (Å²) in [6.07, 6.45) is -0.933. The maximum absolute atomic E-state index is 12.7. The van der Waals surface area contributed by atoms with Crippen LogP contribution in [-0.4, -0.2) is 21.0 Å². The highest BCUT2D eigenvalue weighted by molar-refractivity contribution is 7.80. The third-order valence-electron chi connectivity index (χ3n) is 7.31. The van der Waals surface area contributed by atoms with Crippen LogP contribution in [0.3, 0.4) is 0 Å². The minimum Gasteiger partial charge on any atom is -0.339 e. The number of benzene rings is 5. The van der Waals surface area contributed by atoms with E-state index in [4.69, 9.17) is 47.0 Å².